The van der Waals surface area contributed by atoms with Gasteiger partial charge in [0.25, 0.3) is 0 Å². The van der Waals surface area contributed by atoms with E-state index in [2.05, 4.69) is 0 Å². The summed E-state index contributed by atoms with van der Waals surface area (Å²) < 4.78 is 0. The molecule has 0 spiro atoms. The van der Waals surface area contributed by atoms with Gasteiger partial charge in [0.05, 0.1) is 5.76 Å². The first kappa shape index (κ1) is 16.0. The molecular weight excluding hydrogens is 220 g/mol. The van der Waals surface area contributed by atoms with E-state index < -0.39 is 0 Å². The SMILES string of the molecule is CC(=O)/C=C(/C)O.O.[Cd]. The van der Waals surface area contributed by atoms with E-state index in [1.807, 2.05) is 0 Å². The number of allylic oxidation sites excluding steroid dienone is 2. The number of aliphatic hydroxyl groups is 1. The van der Waals surface area contributed by atoms with Crippen LogP contribution in [0.15, 0.2) is 11.8 Å². The van der Waals surface area contributed by atoms with Crippen molar-refractivity contribution < 1.29 is 42.7 Å². The number of aliphatic hydroxyl groups excluding tert-OH is 1. The Balaban J connectivity index is -0.000000180. The molecule has 0 saturated carbocycles. The molecule has 0 aromatic carbocycles. The number of hydrogen-bond acceptors (Lipinski definition) is 2. The summed E-state index contributed by atoms with van der Waals surface area (Å²) in [4.78, 5) is 10.0. The van der Waals surface area contributed by atoms with Gasteiger partial charge in [-0.2, -0.15) is 0 Å². The first-order chi connectivity index (χ1) is 3.13. The summed E-state index contributed by atoms with van der Waals surface area (Å²) >= 11 is 0. The van der Waals surface area contributed by atoms with Gasteiger partial charge in [-0.1, -0.05) is 0 Å². The van der Waals surface area contributed by atoms with E-state index in [1.165, 1.54) is 19.9 Å². The standard InChI is InChI=1S/C5H8O2.Cd.H2O/c1-4(6)3-5(2)7;;/h3,6H,1-2H3;;1H2/b4-3-;;. The summed E-state index contributed by atoms with van der Waals surface area (Å²) in [7, 11) is 0. The van der Waals surface area contributed by atoms with Crippen molar-refractivity contribution in [1.29, 1.82) is 0 Å². The van der Waals surface area contributed by atoms with Gasteiger partial charge in [-0.15, -0.1) is 0 Å². The minimum Gasteiger partial charge on any atom is -0.512 e. The number of carbonyl (C=O) groups is 1. The summed E-state index contributed by atoms with van der Waals surface area (Å²) in [6.07, 6.45) is 1.17. The molecule has 0 bridgehead atoms. The van der Waals surface area contributed by atoms with Crippen molar-refractivity contribution >= 4 is 5.78 Å². The summed E-state index contributed by atoms with van der Waals surface area (Å²) in [5.74, 6) is -0.0625. The maximum atomic E-state index is 10.0. The molecule has 0 fully saturated rings. The van der Waals surface area contributed by atoms with E-state index in [0.29, 0.717) is 0 Å². The Labute approximate surface area is 74.2 Å². The molecule has 4 heteroatoms. The van der Waals surface area contributed by atoms with Crippen LogP contribution in [-0.4, -0.2) is 16.4 Å². The number of ketones is 1. The fourth-order valence-electron chi connectivity index (χ4n) is 0.294. The van der Waals surface area contributed by atoms with E-state index >= 15 is 0 Å². The second-order valence-corrected chi connectivity index (χ2v) is 1.40. The van der Waals surface area contributed by atoms with Crippen LogP contribution >= 0.6 is 0 Å². The van der Waals surface area contributed by atoms with Crippen molar-refractivity contribution in [3.63, 3.8) is 0 Å². The van der Waals surface area contributed by atoms with Crippen LogP contribution in [0.4, 0.5) is 0 Å². The van der Waals surface area contributed by atoms with Gasteiger partial charge in [0, 0.05) is 33.4 Å². The maximum absolute atomic E-state index is 10.0. The van der Waals surface area contributed by atoms with Crippen molar-refractivity contribution in [2.24, 2.45) is 0 Å². The molecule has 3 N–H and O–H groups in total. The average molecular weight is 231 g/mol. The number of rotatable bonds is 1. The Morgan fingerprint density at radius 3 is 1.78 bits per heavy atom. The predicted octanol–water partition coefficient (Wildman–Crippen LogP) is 0.210. The van der Waals surface area contributed by atoms with Gasteiger partial charge in [0.1, 0.15) is 0 Å². The first-order valence-electron chi connectivity index (χ1n) is 2.01. The zero-order valence-corrected chi connectivity index (χ0v) is 9.68. The third kappa shape index (κ3) is 17.9. The molecule has 0 aliphatic rings. The van der Waals surface area contributed by atoms with Crippen molar-refractivity contribution in [2.75, 3.05) is 0 Å². The number of hydrogen-bond donors (Lipinski definition) is 1. The molecule has 50 valence electrons. The van der Waals surface area contributed by atoms with E-state index in [9.17, 15) is 4.79 Å². The Bertz CT molecular complexity index is 105. The molecule has 0 aliphatic heterocycles. The first-order valence-corrected chi connectivity index (χ1v) is 2.01. The van der Waals surface area contributed by atoms with Crippen molar-refractivity contribution in [3.05, 3.63) is 11.8 Å². The topological polar surface area (TPSA) is 68.8 Å². The summed E-state index contributed by atoms with van der Waals surface area (Å²) in [6.45, 7) is 2.85. The molecule has 0 rings (SSSR count). The molecule has 0 aliphatic carbocycles. The monoisotopic (exact) mass is 232 g/mol. The predicted molar refractivity (Wildman–Crippen MR) is 30.7 cm³/mol. The molecule has 9 heavy (non-hydrogen) atoms. The van der Waals surface area contributed by atoms with Crippen molar-refractivity contribution in [3.8, 4) is 0 Å². The third-order valence-corrected chi connectivity index (χ3v) is 0.412. The van der Waals surface area contributed by atoms with Crippen molar-refractivity contribution in [2.45, 2.75) is 13.8 Å². The molecule has 0 aromatic rings. The summed E-state index contributed by atoms with van der Waals surface area (Å²) in [5.41, 5.74) is 0. The van der Waals surface area contributed by atoms with E-state index in [1.54, 1.807) is 0 Å². The second-order valence-electron chi connectivity index (χ2n) is 1.40. The molecule has 0 atom stereocenters. The number of carbonyl (C=O) groups excluding carboxylic acids is 1. The molecule has 3 nitrogen and oxygen atoms in total. The van der Waals surface area contributed by atoms with Crippen LogP contribution in [-0.2, 0) is 32.1 Å². The van der Waals surface area contributed by atoms with E-state index in [-0.39, 0.29) is 44.3 Å². The van der Waals surface area contributed by atoms with Gasteiger partial charge in [-0.3, -0.25) is 4.79 Å². The largest absolute Gasteiger partial charge is 0.512 e. The molecular formula is C5H10CdO3. The Morgan fingerprint density at radius 1 is 1.44 bits per heavy atom. The smallest absolute Gasteiger partial charge is 0.155 e. The normalized spacial score (nSPS) is 8.89. The molecule has 0 unspecified atom stereocenters. The van der Waals surface area contributed by atoms with Gasteiger partial charge in [-0.05, 0) is 13.8 Å². The fraction of sp³-hybridized carbons (Fsp3) is 0.400. The minimum atomic E-state index is -0.125. The zero-order valence-electron chi connectivity index (χ0n) is 5.64. The van der Waals surface area contributed by atoms with Gasteiger partial charge >= 0.3 is 0 Å². The second kappa shape index (κ2) is 8.09. The molecule has 0 heterocycles. The van der Waals surface area contributed by atoms with Crippen LogP contribution in [0.3, 0.4) is 0 Å². The molecule has 0 aromatic heterocycles. The average Bonchev–Trinajstić information content (AvgIpc) is 1.27. The van der Waals surface area contributed by atoms with E-state index in [0.717, 1.165) is 0 Å². The fourth-order valence-corrected chi connectivity index (χ4v) is 0.294. The van der Waals surface area contributed by atoms with Crippen LogP contribution in [0.25, 0.3) is 0 Å². The summed E-state index contributed by atoms with van der Waals surface area (Å²) in [6, 6.07) is 0. The third-order valence-electron chi connectivity index (χ3n) is 0.412. The molecule has 0 saturated heterocycles. The Kier molecular flexibility index (Phi) is 14.4. The summed E-state index contributed by atoms with van der Waals surface area (Å²) in [5, 5.41) is 8.36. The Hall–Kier alpha value is 0.0921. The van der Waals surface area contributed by atoms with Crippen molar-refractivity contribution in [1.82, 2.24) is 0 Å². The molecule has 0 amide bonds. The zero-order chi connectivity index (χ0) is 5.86. The van der Waals surface area contributed by atoms with Crippen LogP contribution in [0.1, 0.15) is 13.8 Å². The van der Waals surface area contributed by atoms with Gasteiger partial charge in [0.2, 0.25) is 0 Å². The van der Waals surface area contributed by atoms with Crippen LogP contribution in [0, 0.1) is 0 Å². The Morgan fingerprint density at radius 2 is 1.78 bits per heavy atom. The molecule has 0 radical (unpaired) electrons. The van der Waals surface area contributed by atoms with Gasteiger partial charge in [0.15, 0.2) is 5.78 Å². The van der Waals surface area contributed by atoms with Gasteiger partial charge < -0.3 is 10.6 Å². The van der Waals surface area contributed by atoms with Crippen LogP contribution < -0.4 is 0 Å². The maximum Gasteiger partial charge on any atom is 0.155 e. The van der Waals surface area contributed by atoms with E-state index in [4.69, 9.17) is 5.11 Å². The van der Waals surface area contributed by atoms with Gasteiger partial charge in [-0.25, -0.2) is 0 Å². The minimum absolute atomic E-state index is 0. The van der Waals surface area contributed by atoms with Crippen LogP contribution in [0.5, 0.6) is 0 Å². The quantitative estimate of drug-likeness (QED) is 0.397. The van der Waals surface area contributed by atoms with Crippen LogP contribution in [0.2, 0.25) is 0 Å².